The first kappa shape index (κ1) is 132. The molecule has 0 spiro atoms. The molecule has 13 aliphatic rings. The summed E-state index contributed by atoms with van der Waals surface area (Å²) in [6.07, 6.45) is 25.1. The summed E-state index contributed by atoms with van der Waals surface area (Å²) in [5.41, 5.74) is 0. The molecule has 106 heavy (non-hydrogen) atoms. The van der Waals surface area contributed by atoms with Crippen molar-refractivity contribution in [3.63, 3.8) is 0 Å². The van der Waals surface area contributed by atoms with E-state index in [9.17, 15) is 33.6 Å². The number of imide groups is 2. The van der Waals surface area contributed by atoms with Gasteiger partial charge in [0.1, 0.15) is 0 Å². The van der Waals surface area contributed by atoms with Crippen LogP contribution in [-0.4, -0.2) is 209 Å². The standard InChI is InChI=1S/C5H7NO2.C5H9NO.C5H11N.C5H10O.C5H10S.C4H10N2.C4H5NO2.C4H9NO.C4H7NO.C4H9NS.C4H9N.C4H8O.C3H6N2O.13C2H6/c7-4-2-1-3-5(8)6-4;7-5-3-1-2-4-6-5;3*1-2-4-6-5-3-1;1-2-6-4-3-5-1;6-3-1-2-4(7)5-3;1-3-6-4-2-5-1;6-4-2-1-3-5-4;1-3-6-4-2-5-1;2*1-2-4-5-3-1;6-3-4-1-2-5-3;13*1-2/h1-3H2,(H,6,7,8);1-4H2,(H,6,7);6H,1-5H2;2*1-5H2;5-6H,1-4H2;1-2H2,(H,5,6,7);5H,1-4H2;1-3H2,(H,5,6);5H,1-4H2;5H,1-4H2;1-4H2;1-2H2,(H2,4,5,6);13*1-2H3. The summed E-state index contributed by atoms with van der Waals surface area (Å²) < 4.78 is 15.0. The molecule has 0 aromatic carbocycles. The minimum absolute atomic E-state index is 0.0463. The van der Waals surface area contributed by atoms with Gasteiger partial charge < -0.3 is 67.4 Å². The number of piperidine rings is 3. The number of amides is 8. The van der Waals surface area contributed by atoms with E-state index < -0.39 is 0 Å². The van der Waals surface area contributed by atoms with Crippen molar-refractivity contribution in [2.45, 2.75) is 328 Å². The van der Waals surface area contributed by atoms with Crippen molar-refractivity contribution >= 4 is 65.0 Å². The number of thioether (sulfide) groups is 2. The smallest absolute Gasteiger partial charge is 0.314 e. The Bertz CT molecular complexity index is 1250. The van der Waals surface area contributed by atoms with Crippen molar-refractivity contribution in [2.75, 3.05) is 167 Å². The fourth-order valence-corrected chi connectivity index (χ4v) is 9.65. The van der Waals surface area contributed by atoms with Gasteiger partial charge in [-0.05, 0) is 134 Å². The largest absolute Gasteiger partial charge is 0.381 e. The lowest BCUT2D eigenvalue weighted by atomic mass is 10.1. The van der Waals surface area contributed by atoms with Crippen LogP contribution in [0, 0.1) is 0 Å². The molecule has 22 nitrogen and oxygen atoms in total. The second-order valence-electron chi connectivity index (χ2n) is 19.9. The summed E-state index contributed by atoms with van der Waals surface area (Å²) in [6, 6.07) is -0.0463. The third-order valence-corrected chi connectivity index (χ3v) is 14.6. The van der Waals surface area contributed by atoms with Crippen LogP contribution in [0.3, 0.4) is 0 Å². The van der Waals surface area contributed by atoms with Crippen LogP contribution < -0.4 is 63.8 Å². The molecule has 13 aliphatic heterocycles. The second kappa shape index (κ2) is 147. The van der Waals surface area contributed by atoms with Crippen molar-refractivity contribution in [1.29, 1.82) is 0 Å². The van der Waals surface area contributed by atoms with E-state index in [-0.39, 0.29) is 41.5 Å². The van der Waals surface area contributed by atoms with Gasteiger partial charge in [0.25, 0.3) is 0 Å². The maximum Gasteiger partial charge on any atom is 0.314 e. The Balaban J connectivity index is -0.0000000784. The molecular weight excluding hydrogens is 1380 g/mol. The molecule has 0 atom stereocenters. The van der Waals surface area contributed by atoms with Crippen molar-refractivity contribution in [3.8, 4) is 0 Å². The summed E-state index contributed by atoms with van der Waals surface area (Å²) in [6.45, 7) is 75.1. The first-order valence-electron chi connectivity index (χ1n) is 43.6. The lowest BCUT2D eigenvalue weighted by Gasteiger charge is -2.11. The highest BCUT2D eigenvalue weighted by Gasteiger charge is 2.16. The average Bonchev–Trinajstić information content (AvgIpc) is 1.56. The fourth-order valence-electron chi connectivity index (χ4n) is 7.85. The van der Waals surface area contributed by atoms with Crippen LogP contribution in [0.5, 0.6) is 0 Å². The Morgan fingerprint density at radius 1 is 0.198 bits per heavy atom. The van der Waals surface area contributed by atoms with E-state index in [1.807, 2.05) is 192 Å². The number of urea groups is 1. The van der Waals surface area contributed by atoms with Crippen LogP contribution >= 0.6 is 23.5 Å². The first-order valence-corrected chi connectivity index (χ1v) is 45.9. The molecule has 24 heteroatoms. The van der Waals surface area contributed by atoms with Crippen molar-refractivity contribution < 1.29 is 47.8 Å². The summed E-state index contributed by atoms with van der Waals surface area (Å²) in [7, 11) is 0. The number of hydrogen-bond donors (Lipinski definition) is 12. The molecule has 0 saturated carbocycles. The molecule has 0 unspecified atom stereocenters. The molecule has 0 aliphatic carbocycles. The molecule has 8 amide bonds. The van der Waals surface area contributed by atoms with E-state index in [0.29, 0.717) is 32.1 Å². The molecule has 0 radical (unpaired) electrons. The monoisotopic (exact) mass is 1570 g/mol. The summed E-state index contributed by atoms with van der Waals surface area (Å²) in [5.74, 6) is 5.29. The Labute approximate surface area is 668 Å². The molecule has 648 valence electrons. The van der Waals surface area contributed by atoms with E-state index in [1.165, 1.54) is 146 Å². The summed E-state index contributed by atoms with van der Waals surface area (Å²) in [5, 5.41) is 34.3. The predicted octanol–water partition coefficient (Wildman–Crippen LogP) is 16.2. The number of morpholine rings is 1. The Hall–Kier alpha value is -3.17. The van der Waals surface area contributed by atoms with E-state index in [2.05, 4.69) is 75.6 Å². The third-order valence-electron chi connectivity index (χ3n) is 12.5. The molecule has 13 rings (SSSR count). The second-order valence-corrected chi connectivity index (χ2v) is 22.3. The van der Waals surface area contributed by atoms with E-state index in [0.717, 1.165) is 137 Å². The molecule has 12 N–H and O–H groups in total. The van der Waals surface area contributed by atoms with Crippen molar-refractivity contribution in [2.24, 2.45) is 0 Å². The Kier molecular flexibility index (Phi) is 184. The topological polar surface area (TPSA) is 292 Å². The first-order chi connectivity index (χ1) is 52.3. The zero-order valence-corrected chi connectivity index (χ0v) is 76.7. The average molecular weight is 1570 g/mol. The number of ether oxygens (including phenoxy) is 3. The lowest BCUT2D eigenvalue weighted by molar-refractivity contribution is -0.133. The van der Waals surface area contributed by atoms with Crippen LogP contribution in [0.25, 0.3) is 0 Å². The highest BCUT2D eigenvalue weighted by molar-refractivity contribution is 7.99. The Morgan fingerprint density at radius 3 is 0.604 bits per heavy atom. The Morgan fingerprint density at radius 2 is 0.462 bits per heavy atom. The van der Waals surface area contributed by atoms with Crippen molar-refractivity contribution in [1.82, 2.24) is 63.8 Å². The van der Waals surface area contributed by atoms with Gasteiger partial charge in [-0.2, -0.15) is 23.5 Å². The zero-order chi connectivity index (χ0) is 83.7. The van der Waals surface area contributed by atoms with Gasteiger partial charge in [-0.15, -0.1) is 0 Å². The maximum absolute atomic E-state index is 10.4. The van der Waals surface area contributed by atoms with Gasteiger partial charge in [0.15, 0.2) is 0 Å². The van der Waals surface area contributed by atoms with Crippen LogP contribution in [0.15, 0.2) is 0 Å². The van der Waals surface area contributed by atoms with Crippen LogP contribution in [-0.2, 0) is 43.0 Å². The number of carbonyl (C=O) groups excluding carboxylic acids is 7. The van der Waals surface area contributed by atoms with Crippen molar-refractivity contribution in [3.05, 3.63) is 0 Å². The predicted molar refractivity (Wildman–Crippen MR) is 472 cm³/mol. The number of hydrogen-bond acceptors (Lipinski definition) is 18. The van der Waals surface area contributed by atoms with E-state index >= 15 is 0 Å². The molecule has 0 aromatic rings. The lowest BCUT2D eigenvalue weighted by Crippen LogP contribution is -2.39. The third kappa shape index (κ3) is 143. The maximum atomic E-state index is 10.4. The van der Waals surface area contributed by atoms with E-state index in [1.54, 1.807) is 0 Å². The fraction of sp³-hybridized carbons (Fsp3) is 0.915. The molecule has 13 saturated heterocycles. The molecule has 13 fully saturated rings. The SMILES string of the molecule is C1CCNC1.C1CCNCC1.C1CCOC1.C1CCOCC1.C1CCSCC1.C1CNCCN1.C1COCCN1.C1CSCCN1.CC.CC.CC.CC.CC.CC.CC.CC.CC.CC.CC.CC.CC.O=C1CCC(=O)N1.O=C1CCCC(=O)N1.O=C1CCCCN1.O=C1CCCN1.O=C1NCCN1. The summed E-state index contributed by atoms with van der Waals surface area (Å²) >= 11 is 4.13. The van der Waals surface area contributed by atoms with Gasteiger partial charge in [-0.3, -0.25) is 39.4 Å². The molecule has 0 aromatic heterocycles. The number of rotatable bonds is 0. The molecular formula is C82H188N12O10S2. The van der Waals surface area contributed by atoms with Gasteiger partial charge >= 0.3 is 6.03 Å². The molecule has 0 bridgehead atoms. The normalized spacial score (nSPS) is 17.7. The van der Waals surface area contributed by atoms with Gasteiger partial charge in [-0.1, -0.05) is 193 Å². The highest BCUT2D eigenvalue weighted by Crippen LogP contribution is 2.15. The number of piperazine rings is 1. The van der Waals surface area contributed by atoms with E-state index in [4.69, 9.17) is 14.2 Å². The minimum atomic E-state index is -0.148. The van der Waals surface area contributed by atoms with Gasteiger partial charge in [0, 0.05) is 155 Å². The van der Waals surface area contributed by atoms with Gasteiger partial charge in [0.05, 0.1) is 13.2 Å². The summed E-state index contributed by atoms with van der Waals surface area (Å²) in [4.78, 5) is 71.4. The van der Waals surface area contributed by atoms with Crippen LogP contribution in [0.4, 0.5) is 4.79 Å². The van der Waals surface area contributed by atoms with Crippen LogP contribution in [0.2, 0.25) is 0 Å². The van der Waals surface area contributed by atoms with Gasteiger partial charge in [-0.25, -0.2) is 4.79 Å². The highest BCUT2D eigenvalue weighted by atomic mass is 32.2. The molecule has 13 heterocycles. The van der Waals surface area contributed by atoms with Gasteiger partial charge in [0.2, 0.25) is 35.4 Å². The quantitative estimate of drug-likeness (QED) is 0.100. The number of nitrogens with one attached hydrogen (secondary N) is 12. The minimum Gasteiger partial charge on any atom is -0.381 e. The van der Waals surface area contributed by atoms with Crippen LogP contribution in [0.1, 0.15) is 328 Å². The number of carbonyl (C=O) groups is 7. The zero-order valence-electron chi connectivity index (χ0n) is 75.0.